The van der Waals surface area contributed by atoms with Crippen molar-refractivity contribution in [2.45, 2.75) is 25.3 Å². The summed E-state index contributed by atoms with van der Waals surface area (Å²) in [6.45, 7) is 1.50. The van der Waals surface area contributed by atoms with Crippen molar-refractivity contribution in [2.24, 2.45) is 0 Å². The van der Waals surface area contributed by atoms with Gasteiger partial charge in [-0.05, 0) is 67.3 Å². The molecule has 156 valence electrons. The maximum Gasteiger partial charge on any atom is 0.330 e. The van der Waals surface area contributed by atoms with E-state index in [0.29, 0.717) is 13.0 Å². The Kier molecular flexibility index (Phi) is 5.90. The average Bonchev–Trinajstić information content (AvgIpc) is 3.37. The van der Waals surface area contributed by atoms with Crippen LogP contribution in [-0.2, 0) is 16.0 Å². The van der Waals surface area contributed by atoms with E-state index in [9.17, 15) is 13.6 Å². The quantitative estimate of drug-likeness (QED) is 0.451. The number of methoxy groups -OCH3 is 1. The van der Waals surface area contributed by atoms with Crippen LogP contribution in [0.2, 0.25) is 0 Å². The van der Waals surface area contributed by atoms with Gasteiger partial charge in [-0.3, -0.25) is 4.90 Å². The standard InChI is InChI=1S/C23H23F2N3O2/c1-30-22(29)8-7-16-13-18(24)23(19(25)14-16)21-6-4-10-27(21)12-9-17-15-26-28-11-3-2-5-20(17)28/h2-3,5,7-8,11,13-15,21H,4,6,9-10,12H2,1H3/b8-7+/t21-/m0/s1. The molecule has 1 aliphatic heterocycles. The number of carbonyl (C=O) groups is 1. The maximum absolute atomic E-state index is 14.8. The zero-order valence-electron chi connectivity index (χ0n) is 16.7. The van der Waals surface area contributed by atoms with Gasteiger partial charge in [-0.2, -0.15) is 5.10 Å². The highest BCUT2D eigenvalue weighted by atomic mass is 19.1. The van der Waals surface area contributed by atoms with Crippen molar-refractivity contribution in [1.82, 2.24) is 14.5 Å². The van der Waals surface area contributed by atoms with Crippen LogP contribution in [0.25, 0.3) is 11.6 Å². The summed E-state index contributed by atoms with van der Waals surface area (Å²) in [6, 6.07) is 8.14. The molecule has 5 nitrogen and oxygen atoms in total. The maximum atomic E-state index is 14.8. The molecule has 4 rings (SSSR count). The number of halogens is 2. The fourth-order valence-electron chi connectivity index (χ4n) is 4.12. The van der Waals surface area contributed by atoms with E-state index in [-0.39, 0.29) is 17.2 Å². The summed E-state index contributed by atoms with van der Waals surface area (Å²) in [5.74, 6) is -1.76. The van der Waals surface area contributed by atoms with E-state index in [4.69, 9.17) is 0 Å². The van der Waals surface area contributed by atoms with Crippen molar-refractivity contribution in [3.05, 3.63) is 77.1 Å². The van der Waals surface area contributed by atoms with Crippen molar-refractivity contribution < 1.29 is 18.3 Å². The molecule has 3 heterocycles. The van der Waals surface area contributed by atoms with Gasteiger partial charge in [-0.25, -0.2) is 18.1 Å². The van der Waals surface area contributed by atoms with E-state index >= 15 is 0 Å². The summed E-state index contributed by atoms with van der Waals surface area (Å²) < 4.78 is 36.0. The zero-order chi connectivity index (χ0) is 21.1. The summed E-state index contributed by atoms with van der Waals surface area (Å²) in [6.07, 6.45) is 8.60. The number of hydrogen-bond acceptors (Lipinski definition) is 4. The molecule has 0 N–H and O–H groups in total. The van der Waals surface area contributed by atoms with Gasteiger partial charge in [-0.15, -0.1) is 0 Å². The Morgan fingerprint density at radius 3 is 2.87 bits per heavy atom. The second-order valence-electron chi connectivity index (χ2n) is 7.40. The van der Waals surface area contributed by atoms with Crippen LogP contribution < -0.4 is 0 Å². The van der Waals surface area contributed by atoms with Crippen LogP contribution in [0.4, 0.5) is 8.78 Å². The average molecular weight is 411 g/mol. The minimum atomic E-state index is -0.590. The van der Waals surface area contributed by atoms with Crippen molar-refractivity contribution in [1.29, 1.82) is 0 Å². The number of pyridine rings is 1. The molecule has 0 amide bonds. The first-order chi connectivity index (χ1) is 14.6. The van der Waals surface area contributed by atoms with Crippen LogP contribution >= 0.6 is 0 Å². The SMILES string of the molecule is COC(=O)/C=C/c1cc(F)c([C@@H]2CCCN2CCc2cnn3ccccc23)c(F)c1. The molecule has 1 aromatic carbocycles. The van der Waals surface area contributed by atoms with Crippen LogP contribution in [0.5, 0.6) is 0 Å². The van der Waals surface area contributed by atoms with E-state index in [1.807, 2.05) is 35.1 Å². The van der Waals surface area contributed by atoms with Crippen molar-refractivity contribution in [3.63, 3.8) is 0 Å². The topological polar surface area (TPSA) is 46.8 Å². The molecule has 30 heavy (non-hydrogen) atoms. The lowest BCUT2D eigenvalue weighted by atomic mass is 10.0. The van der Waals surface area contributed by atoms with Gasteiger partial charge in [0.05, 0.1) is 18.8 Å². The fraction of sp³-hybridized carbons (Fsp3) is 0.304. The van der Waals surface area contributed by atoms with Gasteiger partial charge >= 0.3 is 5.97 Å². The molecule has 0 radical (unpaired) electrons. The predicted molar refractivity (Wildman–Crippen MR) is 110 cm³/mol. The molecule has 1 saturated heterocycles. The van der Waals surface area contributed by atoms with Crippen LogP contribution in [0.3, 0.4) is 0 Å². The van der Waals surface area contributed by atoms with Crippen LogP contribution in [0.15, 0.2) is 48.8 Å². The van der Waals surface area contributed by atoms with Gasteiger partial charge in [0, 0.05) is 30.4 Å². The van der Waals surface area contributed by atoms with Crippen LogP contribution in [-0.4, -0.2) is 40.7 Å². The third-order valence-electron chi connectivity index (χ3n) is 5.59. The third kappa shape index (κ3) is 4.11. The molecule has 0 unspecified atom stereocenters. The Balaban J connectivity index is 1.51. The van der Waals surface area contributed by atoms with Crippen molar-refractivity contribution >= 4 is 17.6 Å². The molecule has 7 heteroatoms. The third-order valence-corrected chi connectivity index (χ3v) is 5.59. The number of rotatable bonds is 6. The number of aromatic nitrogens is 2. The highest BCUT2D eigenvalue weighted by molar-refractivity contribution is 5.86. The summed E-state index contributed by atoms with van der Waals surface area (Å²) in [5, 5.41) is 4.35. The molecule has 0 saturated carbocycles. The monoisotopic (exact) mass is 411 g/mol. The Bertz CT molecular complexity index is 1070. The zero-order valence-corrected chi connectivity index (χ0v) is 16.7. The molecular weight excluding hydrogens is 388 g/mol. The number of hydrogen-bond donors (Lipinski definition) is 0. The first-order valence-electron chi connectivity index (χ1n) is 9.97. The second-order valence-corrected chi connectivity index (χ2v) is 7.40. The van der Waals surface area contributed by atoms with E-state index in [1.165, 1.54) is 25.3 Å². The summed E-state index contributed by atoms with van der Waals surface area (Å²) in [5.41, 5.74) is 2.55. The van der Waals surface area contributed by atoms with Gasteiger partial charge in [-0.1, -0.05) is 6.07 Å². The van der Waals surface area contributed by atoms with Gasteiger partial charge in [0.1, 0.15) is 11.6 Å². The molecule has 0 bridgehead atoms. The number of nitrogens with zero attached hydrogens (tertiary/aromatic N) is 3. The van der Waals surface area contributed by atoms with E-state index in [1.54, 1.807) is 0 Å². The van der Waals surface area contributed by atoms with E-state index in [2.05, 4.69) is 14.7 Å². The summed E-state index contributed by atoms with van der Waals surface area (Å²) in [7, 11) is 1.25. The highest BCUT2D eigenvalue weighted by Gasteiger charge is 2.30. The first kappa shape index (κ1) is 20.2. The van der Waals surface area contributed by atoms with Gasteiger partial charge in [0.2, 0.25) is 0 Å². The Labute approximate surface area is 173 Å². The van der Waals surface area contributed by atoms with Crippen molar-refractivity contribution in [2.75, 3.05) is 20.2 Å². The predicted octanol–water partition coefficient (Wildman–Crippen LogP) is 4.18. The van der Waals surface area contributed by atoms with E-state index < -0.39 is 17.6 Å². The number of likely N-dealkylation sites (tertiary alicyclic amines) is 1. The highest BCUT2D eigenvalue weighted by Crippen LogP contribution is 2.35. The van der Waals surface area contributed by atoms with E-state index in [0.717, 1.165) is 36.5 Å². The normalized spacial score (nSPS) is 17.2. The number of ether oxygens (including phenoxy) is 1. The molecule has 1 atom stereocenters. The Morgan fingerprint density at radius 1 is 1.30 bits per heavy atom. The molecule has 0 aliphatic carbocycles. The fourth-order valence-corrected chi connectivity index (χ4v) is 4.12. The number of esters is 1. The minimum absolute atomic E-state index is 0.0996. The lowest BCUT2D eigenvalue weighted by Crippen LogP contribution is -2.27. The van der Waals surface area contributed by atoms with Crippen LogP contribution in [0, 0.1) is 11.6 Å². The molecule has 1 aliphatic rings. The molecular formula is C23H23F2N3O2. The second kappa shape index (κ2) is 8.75. The molecule has 2 aromatic heterocycles. The molecule has 1 fully saturated rings. The van der Waals surface area contributed by atoms with Crippen molar-refractivity contribution in [3.8, 4) is 0 Å². The largest absolute Gasteiger partial charge is 0.466 e. The smallest absolute Gasteiger partial charge is 0.330 e. The molecule has 3 aromatic rings. The Morgan fingerprint density at radius 2 is 2.10 bits per heavy atom. The number of carbonyl (C=O) groups excluding carboxylic acids is 1. The number of benzene rings is 1. The van der Waals surface area contributed by atoms with Gasteiger partial charge in [0.15, 0.2) is 0 Å². The molecule has 0 spiro atoms. The lowest BCUT2D eigenvalue weighted by molar-refractivity contribution is -0.134. The summed E-state index contributed by atoms with van der Waals surface area (Å²) in [4.78, 5) is 13.4. The Hall–Kier alpha value is -3.06. The van der Waals surface area contributed by atoms with Gasteiger partial charge < -0.3 is 4.74 Å². The lowest BCUT2D eigenvalue weighted by Gasteiger charge is -2.25. The first-order valence-corrected chi connectivity index (χ1v) is 9.97. The minimum Gasteiger partial charge on any atom is -0.466 e. The van der Waals surface area contributed by atoms with Gasteiger partial charge in [0.25, 0.3) is 0 Å². The number of fused-ring (bicyclic) bond motifs is 1. The van der Waals surface area contributed by atoms with Crippen LogP contribution in [0.1, 0.15) is 35.6 Å². The summed E-state index contributed by atoms with van der Waals surface area (Å²) >= 11 is 0.